The Labute approximate surface area is 98.7 Å². The van der Waals surface area contributed by atoms with E-state index in [1.807, 2.05) is 0 Å². The maximum atomic E-state index is 11.3. The monoisotopic (exact) mass is 260 g/mol. The molecule has 94 valence electrons. The molecule has 0 saturated heterocycles. The fourth-order valence-electron chi connectivity index (χ4n) is 1.03. The number of rotatable bonds is 5. The van der Waals surface area contributed by atoms with Crippen LogP contribution >= 0.6 is 7.60 Å². The van der Waals surface area contributed by atoms with E-state index >= 15 is 0 Å². The number of ether oxygens (including phenoxy) is 2. The third kappa shape index (κ3) is 3.85. The molecule has 0 saturated carbocycles. The molecule has 17 heavy (non-hydrogen) atoms. The third-order valence-corrected chi connectivity index (χ3v) is 2.96. The normalized spacial score (nSPS) is 13.8. The molecule has 0 spiro atoms. The van der Waals surface area contributed by atoms with Crippen LogP contribution in [0.2, 0.25) is 0 Å². The first-order chi connectivity index (χ1) is 7.99. The summed E-state index contributed by atoms with van der Waals surface area (Å²) >= 11 is 0. The Morgan fingerprint density at radius 1 is 1.29 bits per heavy atom. The van der Waals surface area contributed by atoms with Crippen LogP contribution in [-0.4, -0.2) is 24.3 Å². The molecule has 7 heteroatoms. The maximum Gasteiger partial charge on any atom is 0.436 e. The Balaban J connectivity index is 2.70. The standard InChI is InChI=1S/C10H13O6P/c1-3-15-17(12,13)10(11)16-9-6-4-8(14-2)5-7-9/h4-7H,3H2,1-2H3,(H,12,13). The van der Waals surface area contributed by atoms with Gasteiger partial charge in [0.1, 0.15) is 11.5 Å². The zero-order valence-electron chi connectivity index (χ0n) is 9.45. The summed E-state index contributed by atoms with van der Waals surface area (Å²) in [5.74, 6) is 0.728. The van der Waals surface area contributed by atoms with Crippen molar-refractivity contribution in [3.63, 3.8) is 0 Å². The van der Waals surface area contributed by atoms with E-state index in [1.165, 1.54) is 26.2 Å². The molecule has 0 aliphatic carbocycles. The van der Waals surface area contributed by atoms with E-state index in [2.05, 4.69) is 4.52 Å². The summed E-state index contributed by atoms with van der Waals surface area (Å²) in [4.78, 5) is 20.5. The number of benzene rings is 1. The molecule has 0 aliphatic rings. The highest BCUT2D eigenvalue weighted by molar-refractivity contribution is 7.70. The van der Waals surface area contributed by atoms with Crippen molar-refractivity contribution in [2.45, 2.75) is 6.92 Å². The molecule has 1 rings (SSSR count). The highest BCUT2D eigenvalue weighted by Crippen LogP contribution is 2.43. The zero-order chi connectivity index (χ0) is 12.9. The largest absolute Gasteiger partial charge is 0.497 e. The van der Waals surface area contributed by atoms with Crippen LogP contribution in [0, 0.1) is 0 Å². The number of carbonyl (C=O) groups is 1. The number of methoxy groups -OCH3 is 1. The van der Waals surface area contributed by atoms with Gasteiger partial charge < -0.3 is 18.9 Å². The average Bonchev–Trinajstić information content (AvgIpc) is 2.30. The van der Waals surface area contributed by atoms with E-state index in [0.717, 1.165) is 0 Å². The van der Waals surface area contributed by atoms with Gasteiger partial charge >= 0.3 is 13.3 Å². The lowest BCUT2D eigenvalue weighted by Crippen LogP contribution is -2.08. The molecular formula is C10H13O6P. The van der Waals surface area contributed by atoms with Crippen LogP contribution < -0.4 is 9.47 Å². The Morgan fingerprint density at radius 2 is 1.82 bits per heavy atom. The van der Waals surface area contributed by atoms with Gasteiger partial charge in [-0.3, -0.25) is 0 Å². The molecule has 0 aromatic heterocycles. The minimum absolute atomic E-state index is 0.0501. The molecule has 6 nitrogen and oxygen atoms in total. The number of hydrogen-bond acceptors (Lipinski definition) is 5. The molecule has 1 unspecified atom stereocenters. The lowest BCUT2D eigenvalue weighted by molar-refractivity contribution is 0.203. The van der Waals surface area contributed by atoms with Gasteiger partial charge in [-0.25, -0.2) is 9.36 Å². The van der Waals surface area contributed by atoms with Crippen LogP contribution in [0.15, 0.2) is 24.3 Å². The van der Waals surface area contributed by atoms with Gasteiger partial charge in [0, 0.05) is 0 Å². The predicted molar refractivity (Wildman–Crippen MR) is 60.5 cm³/mol. The second-order valence-corrected chi connectivity index (χ2v) is 4.65. The summed E-state index contributed by atoms with van der Waals surface area (Å²) in [6.07, 6.45) is 0. The summed E-state index contributed by atoms with van der Waals surface area (Å²) in [5, 5.41) is 0. The van der Waals surface area contributed by atoms with Crippen LogP contribution in [-0.2, 0) is 9.09 Å². The second-order valence-electron chi connectivity index (χ2n) is 2.98. The first-order valence-electron chi connectivity index (χ1n) is 4.83. The summed E-state index contributed by atoms with van der Waals surface area (Å²) in [6, 6.07) is 6.02. The Morgan fingerprint density at radius 3 is 2.29 bits per heavy atom. The van der Waals surface area contributed by atoms with E-state index in [-0.39, 0.29) is 12.4 Å². The highest BCUT2D eigenvalue weighted by atomic mass is 31.2. The van der Waals surface area contributed by atoms with Crippen molar-refractivity contribution in [2.24, 2.45) is 0 Å². The maximum absolute atomic E-state index is 11.3. The van der Waals surface area contributed by atoms with Crippen LogP contribution in [0.3, 0.4) is 0 Å². The van der Waals surface area contributed by atoms with Gasteiger partial charge in [-0.1, -0.05) is 0 Å². The zero-order valence-corrected chi connectivity index (χ0v) is 10.3. The minimum atomic E-state index is -4.36. The van der Waals surface area contributed by atoms with Crippen LogP contribution in [0.1, 0.15) is 6.92 Å². The first-order valence-corrected chi connectivity index (χ1v) is 6.41. The van der Waals surface area contributed by atoms with Gasteiger partial charge in [-0.2, -0.15) is 0 Å². The molecule has 1 N–H and O–H groups in total. The smallest absolute Gasteiger partial charge is 0.436 e. The van der Waals surface area contributed by atoms with Crippen molar-refractivity contribution in [1.29, 1.82) is 0 Å². The van der Waals surface area contributed by atoms with Crippen LogP contribution in [0.25, 0.3) is 0 Å². The molecule has 0 bridgehead atoms. The SMILES string of the molecule is CCOP(=O)(O)C(=O)Oc1ccc(OC)cc1. The number of carbonyl (C=O) groups excluding carboxylic acids is 1. The van der Waals surface area contributed by atoms with Crippen molar-refractivity contribution in [3.8, 4) is 11.5 Å². The molecular weight excluding hydrogens is 247 g/mol. The fourth-order valence-corrected chi connectivity index (χ4v) is 1.71. The van der Waals surface area contributed by atoms with Gasteiger partial charge in [0.25, 0.3) is 0 Å². The molecule has 0 heterocycles. The van der Waals surface area contributed by atoms with E-state index in [1.54, 1.807) is 12.1 Å². The van der Waals surface area contributed by atoms with Gasteiger partial charge in [0.15, 0.2) is 0 Å². The van der Waals surface area contributed by atoms with Crippen molar-refractivity contribution in [3.05, 3.63) is 24.3 Å². The molecule has 1 aromatic carbocycles. The van der Waals surface area contributed by atoms with E-state index in [9.17, 15) is 14.3 Å². The van der Waals surface area contributed by atoms with Crippen LogP contribution in [0.5, 0.6) is 11.5 Å². The van der Waals surface area contributed by atoms with E-state index < -0.39 is 13.3 Å². The molecule has 0 fully saturated rings. The van der Waals surface area contributed by atoms with Crippen molar-refractivity contribution >= 4 is 13.3 Å². The Kier molecular flexibility index (Phi) is 4.69. The van der Waals surface area contributed by atoms with Crippen LogP contribution in [0.4, 0.5) is 4.79 Å². The first kappa shape index (κ1) is 13.7. The summed E-state index contributed by atoms with van der Waals surface area (Å²) < 4.78 is 25.3. The fraction of sp³-hybridized carbons (Fsp3) is 0.300. The molecule has 0 radical (unpaired) electrons. The van der Waals surface area contributed by atoms with E-state index in [4.69, 9.17) is 9.47 Å². The average molecular weight is 260 g/mol. The number of hydrogen-bond donors (Lipinski definition) is 1. The lowest BCUT2D eigenvalue weighted by Gasteiger charge is -2.09. The predicted octanol–water partition coefficient (Wildman–Crippen LogP) is 2.42. The van der Waals surface area contributed by atoms with E-state index in [0.29, 0.717) is 5.75 Å². The van der Waals surface area contributed by atoms with Gasteiger partial charge in [-0.05, 0) is 31.2 Å². The van der Waals surface area contributed by atoms with Gasteiger partial charge in [-0.15, -0.1) is 0 Å². The summed E-state index contributed by atoms with van der Waals surface area (Å²) in [7, 11) is -2.86. The van der Waals surface area contributed by atoms with Gasteiger partial charge in [0.2, 0.25) is 0 Å². The summed E-state index contributed by atoms with van der Waals surface area (Å²) in [5.41, 5.74) is -1.30. The Hall–Kier alpha value is -1.36. The molecule has 0 aliphatic heterocycles. The lowest BCUT2D eigenvalue weighted by atomic mass is 10.3. The minimum Gasteiger partial charge on any atom is -0.497 e. The topological polar surface area (TPSA) is 82.1 Å². The summed E-state index contributed by atoms with van der Waals surface area (Å²) in [6.45, 7) is 1.45. The van der Waals surface area contributed by atoms with Crippen molar-refractivity contribution < 1.29 is 28.3 Å². The third-order valence-electron chi connectivity index (χ3n) is 1.80. The highest BCUT2D eigenvalue weighted by Gasteiger charge is 2.32. The molecule has 1 aromatic rings. The quantitative estimate of drug-likeness (QED) is 0.818. The van der Waals surface area contributed by atoms with Crippen molar-refractivity contribution in [1.82, 2.24) is 0 Å². The van der Waals surface area contributed by atoms with Gasteiger partial charge in [0.05, 0.1) is 13.7 Å². The second kappa shape index (κ2) is 5.82. The molecule has 1 atom stereocenters. The molecule has 0 amide bonds. The Bertz CT molecular complexity index is 427. The van der Waals surface area contributed by atoms with Crippen molar-refractivity contribution in [2.75, 3.05) is 13.7 Å².